The van der Waals surface area contributed by atoms with Gasteiger partial charge in [-0.15, -0.1) is 0 Å². The minimum absolute atomic E-state index is 0.0303. The minimum atomic E-state index is -0.811. The van der Waals surface area contributed by atoms with E-state index in [1.54, 1.807) is 6.20 Å². The summed E-state index contributed by atoms with van der Waals surface area (Å²) in [6, 6.07) is 10.2. The zero-order valence-corrected chi connectivity index (χ0v) is 11.2. The molecule has 0 saturated heterocycles. The number of carboxylic acid groups (broad SMARTS) is 1. The van der Waals surface area contributed by atoms with Gasteiger partial charge in [0.1, 0.15) is 0 Å². The van der Waals surface area contributed by atoms with Crippen LogP contribution in [-0.4, -0.2) is 33.5 Å². The van der Waals surface area contributed by atoms with Gasteiger partial charge in [0.2, 0.25) is 0 Å². The third-order valence-electron chi connectivity index (χ3n) is 3.18. The number of rotatable bonds is 5. The van der Waals surface area contributed by atoms with Gasteiger partial charge in [-0.1, -0.05) is 24.3 Å². The molecule has 0 aliphatic carbocycles. The number of hydrogen-bond donors (Lipinski definition) is 1. The molecule has 1 N–H and O–H groups in total. The maximum absolute atomic E-state index is 10.9. The summed E-state index contributed by atoms with van der Waals surface area (Å²) in [6.45, 7) is 4.57. The smallest absolute Gasteiger partial charge is 0.317 e. The Kier molecular flexibility index (Phi) is 4.12. The minimum Gasteiger partial charge on any atom is -0.480 e. The second-order valence-corrected chi connectivity index (χ2v) is 4.87. The van der Waals surface area contributed by atoms with Crippen molar-refractivity contribution >= 4 is 16.7 Å². The number of fused-ring (bicyclic) bond motifs is 1. The van der Waals surface area contributed by atoms with Crippen molar-refractivity contribution in [2.45, 2.75) is 26.4 Å². The maximum Gasteiger partial charge on any atom is 0.317 e. The van der Waals surface area contributed by atoms with Gasteiger partial charge >= 0.3 is 5.97 Å². The van der Waals surface area contributed by atoms with Crippen LogP contribution in [0.4, 0.5) is 0 Å². The number of hydrogen-bond acceptors (Lipinski definition) is 3. The zero-order chi connectivity index (χ0) is 13.8. The van der Waals surface area contributed by atoms with Crippen LogP contribution >= 0.6 is 0 Å². The summed E-state index contributed by atoms with van der Waals surface area (Å²) in [7, 11) is 0. The summed E-state index contributed by atoms with van der Waals surface area (Å²) < 4.78 is 0. The first kappa shape index (κ1) is 13.5. The number of nitrogens with zero attached hydrogens (tertiary/aromatic N) is 2. The Balaban J connectivity index is 2.31. The normalized spacial score (nSPS) is 11.4. The molecule has 1 heterocycles. The molecule has 0 amide bonds. The largest absolute Gasteiger partial charge is 0.480 e. The summed E-state index contributed by atoms with van der Waals surface area (Å²) in [5.74, 6) is -0.811. The van der Waals surface area contributed by atoms with Gasteiger partial charge in [-0.3, -0.25) is 14.7 Å². The van der Waals surface area contributed by atoms with Crippen LogP contribution < -0.4 is 0 Å². The fourth-order valence-corrected chi connectivity index (χ4v) is 2.10. The summed E-state index contributed by atoms with van der Waals surface area (Å²) in [4.78, 5) is 17.2. The number of aliphatic carboxylic acids is 1. The van der Waals surface area contributed by atoms with E-state index in [0.717, 1.165) is 16.5 Å². The Bertz CT molecular complexity index is 576. The summed E-state index contributed by atoms with van der Waals surface area (Å²) >= 11 is 0. The Labute approximate surface area is 112 Å². The topological polar surface area (TPSA) is 53.4 Å². The highest BCUT2D eigenvalue weighted by Gasteiger charge is 2.15. The molecule has 0 fully saturated rings. The average molecular weight is 258 g/mol. The lowest BCUT2D eigenvalue weighted by molar-refractivity contribution is -0.138. The first-order valence-electron chi connectivity index (χ1n) is 6.36. The first-order chi connectivity index (χ1) is 9.08. The molecular weight excluding hydrogens is 240 g/mol. The van der Waals surface area contributed by atoms with Crippen LogP contribution in [0.1, 0.15) is 19.5 Å². The summed E-state index contributed by atoms with van der Waals surface area (Å²) in [5, 5.41) is 11.2. The van der Waals surface area contributed by atoms with Crippen molar-refractivity contribution in [2.75, 3.05) is 6.54 Å². The van der Waals surface area contributed by atoms with Gasteiger partial charge < -0.3 is 5.11 Å². The predicted molar refractivity (Wildman–Crippen MR) is 74.9 cm³/mol. The molecule has 1 aromatic carbocycles. The lowest BCUT2D eigenvalue weighted by Gasteiger charge is -2.24. The summed E-state index contributed by atoms with van der Waals surface area (Å²) in [5.41, 5.74) is 0.924. The second kappa shape index (κ2) is 5.80. The van der Waals surface area contributed by atoms with Crippen molar-refractivity contribution in [1.29, 1.82) is 0 Å². The quantitative estimate of drug-likeness (QED) is 0.895. The number of pyridine rings is 1. The van der Waals surface area contributed by atoms with Crippen LogP contribution in [-0.2, 0) is 11.3 Å². The van der Waals surface area contributed by atoms with E-state index < -0.39 is 5.97 Å². The third kappa shape index (κ3) is 3.29. The Morgan fingerprint density at radius 2 is 2.05 bits per heavy atom. The standard InChI is InChI=1S/C15H18N2O2/c1-11(2)17(10-15(18)19)9-14-13-6-4-3-5-12(13)7-8-16-14/h3-8,11H,9-10H2,1-2H3,(H,18,19). The molecule has 2 aromatic rings. The van der Waals surface area contributed by atoms with Crippen molar-refractivity contribution in [3.05, 3.63) is 42.2 Å². The average Bonchev–Trinajstić information content (AvgIpc) is 2.37. The lowest BCUT2D eigenvalue weighted by atomic mass is 10.1. The van der Waals surface area contributed by atoms with E-state index in [-0.39, 0.29) is 12.6 Å². The van der Waals surface area contributed by atoms with Gasteiger partial charge in [-0.05, 0) is 25.3 Å². The van der Waals surface area contributed by atoms with Crippen molar-refractivity contribution < 1.29 is 9.90 Å². The number of carboxylic acids is 1. The van der Waals surface area contributed by atoms with Crippen molar-refractivity contribution in [3.8, 4) is 0 Å². The fourth-order valence-electron chi connectivity index (χ4n) is 2.10. The third-order valence-corrected chi connectivity index (χ3v) is 3.18. The molecule has 2 rings (SSSR count). The Morgan fingerprint density at radius 1 is 1.32 bits per heavy atom. The Hall–Kier alpha value is -1.94. The van der Waals surface area contributed by atoms with Gasteiger partial charge in [-0.2, -0.15) is 0 Å². The number of aromatic nitrogens is 1. The van der Waals surface area contributed by atoms with Gasteiger partial charge in [0.15, 0.2) is 0 Å². The van der Waals surface area contributed by atoms with Crippen LogP contribution in [0.3, 0.4) is 0 Å². The molecule has 0 unspecified atom stereocenters. The van der Waals surface area contributed by atoms with Crippen LogP contribution in [0.5, 0.6) is 0 Å². The SMILES string of the molecule is CC(C)N(CC(=O)O)Cc1nccc2ccccc12. The van der Waals surface area contributed by atoms with Gasteiger partial charge in [0.05, 0.1) is 12.2 Å². The predicted octanol–water partition coefficient (Wildman–Crippen LogP) is 2.53. The fraction of sp³-hybridized carbons (Fsp3) is 0.333. The first-order valence-corrected chi connectivity index (χ1v) is 6.36. The maximum atomic E-state index is 10.9. The van der Waals surface area contributed by atoms with Gasteiger partial charge in [-0.25, -0.2) is 0 Å². The zero-order valence-electron chi connectivity index (χ0n) is 11.2. The molecule has 0 radical (unpaired) electrons. The van der Waals surface area contributed by atoms with Crippen LogP contribution in [0.2, 0.25) is 0 Å². The molecule has 19 heavy (non-hydrogen) atoms. The van der Waals surface area contributed by atoms with Gasteiger partial charge in [0.25, 0.3) is 0 Å². The molecule has 4 heteroatoms. The van der Waals surface area contributed by atoms with E-state index in [2.05, 4.69) is 4.98 Å². The highest BCUT2D eigenvalue weighted by atomic mass is 16.4. The highest BCUT2D eigenvalue weighted by Crippen LogP contribution is 2.18. The summed E-state index contributed by atoms with van der Waals surface area (Å²) in [6.07, 6.45) is 1.77. The molecule has 1 aromatic heterocycles. The number of carbonyl (C=O) groups is 1. The highest BCUT2D eigenvalue weighted by molar-refractivity contribution is 5.84. The molecule has 0 atom stereocenters. The van der Waals surface area contributed by atoms with Crippen LogP contribution in [0.15, 0.2) is 36.5 Å². The number of benzene rings is 1. The molecule has 4 nitrogen and oxygen atoms in total. The molecule has 0 aliphatic heterocycles. The van der Waals surface area contributed by atoms with E-state index in [1.807, 2.05) is 49.1 Å². The monoisotopic (exact) mass is 258 g/mol. The molecule has 0 aliphatic rings. The molecular formula is C15H18N2O2. The molecule has 0 bridgehead atoms. The van der Waals surface area contributed by atoms with Crippen molar-refractivity contribution in [1.82, 2.24) is 9.88 Å². The van der Waals surface area contributed by atoms with Crippen LogP contribution in [0.25, 0.3) is 10.8 Å². The lowest BCUT2D eigenvalue weighted by Crippen LogP contribution is -2.35. The van der Waals surface area contributed by atoms with Crippen molar-refractivity contribution in [3.63, 3.8) is 0 Å². The molecule has 0 saturated carbocycles. The van der Waals surface area contributed by atoms with Gasteiger partial charge in [0, 0.05) is 24.2 Å². The van der Waals surface area contributed by atoms with E-state index in [0.29, 0.717) is 6.54 Å². The van der Waals surface area contributed by atoms with Crippen molar-refractivity contribution in [2.24, 2.45) is 0 Å². The second-order valence-electron chi connectivity index (χ2n) is 4.87. The Morgan fingerprint density at radius 3 is 2.74 bits per heavy atom. The van der Waals surface area contributed by atoms with E-state index in [1.165, 1.54) is 0 Å². The van der Waals surface area contributed by atoms with E-state index in [9.17, 15) is 4.79 Å². The molecule has 0 spiro atoms. The van der Waals surface area contributed by atoms with E-state index in [4.69, 9.17) is 5.11 Å². The van der Waals surface area contributed by atoms with E-state index >= 15 is 0 Å². The van der Waals surface area contributed by atoms with Crippen LogP contribution in [0, 0.1) is 0 Å². The molecule has 100 valence electrons.